The van der Waals surface area contributed by atoms with E-state index in [2.05, 4.69) is 24.3 Å². The van der Waals surface area contributed by atoms with E-state index in [9.17, 15) is 8.42 Å². The lowest BCUT2D eigenvalue weighted by Gasteiger charge is -2.22. The molecule has 0 spiro atoms. The van der Waals surface area contributed by atoms with E-state index >= 15 is 0 Å². The Labute approximate surface area is 109 Å². The summed E-state index contributed by atoms with van der Waals surface area (Å²) in [6.45, 7) is 8.58. The number of aromatic nitrogens is 2. The highest BCUT2D eigenvalue weighted by Gasteiger charge is 2.29. The molecule has 0 fully saturated rings. The van der Waals surface area contributed by atoms with E-state index in [0.29, 0.717) is 19.1 Å². The molecule has 1 aromatic rings. The molecule has 104 valence electrons. The second-order valence-electron chi connectivity index (χ2n) is 5.52. The van der Waals surface area contributed by atoms with E-state index < -0.39 is 14.6 Å². The van der Waals surface area contributed by atoms with Crippen LogP contribution < -0.4 is 5.32 Å². The van der Waals surface area contributed by atoms with Crippen molar-refractivity contribution >= 4 is 9.84 Å². The summed E-state index contributed by atoms with van der Waals surface area (Å²) in [5.41, 5.74) is 0.924. The molecule has 1 aromatic heterocycles. The lowest BCUT2D eigenvalue weighted by Crippen LogP contribution is -2.41. The maximum Gasteiger partial charge on any atom is 0.153 e. The van der Waals surface area contributed by atoms with E-state index in [1.165, 1.54) is 6.26 Å². The quantitative estimate of drug-likeness (QED) is 0.850. The van der Waals surface area contributed by atoms with Gasteiger partial charge in [0.25, 0.3) is 0 Å². The zero-order valence-corrected chi connectivity index (χ0v) is 12.6. The summed E-state index contributed by atoms with van der Waals surface area (Å²) >= 11 is 0. The first kappa shape index (κ1) is 15.2. The Bertz CT molecular complexity index is 489. The van der Waals surface area contributed by atoms with E-state index in [-0.39, 0.29) is 0 Å². The fourth-order valence-electron chi connectivity index (χ4n) is 1.38. The van der Waals surface area contributed by atoms with E-state index in [1.54, 1.807) is 13.8 Å². The molecule has 0 unspecified atom stereocenters. The molecule has 1 rings (SSSR count). The van der Waals surface area contributed by atoms with Gasteiger partial charge in [0.15, 0.2) is 9.84 Å². The van der Waals surface area contributed by atoms with Crippen molar-refractivity contribution in [2.45, 2.75) is 45.0 Å². The fraction of sp³-hybridized carbons (Fsp3) is 0.750. The zero-order valence-electron chi connectivity index (χ0n) is 11.8. The van der Waals surface area contributed by atoms with Crippen LogP contribution in [0.15, 0.2) is 12.3 Å². The summed E-state index contributed by atoms with van der Waals surface area (Å²) in [6, 6.07) is 2.28. The molecule has 0 aromatic carbocycles. The average Bonchev–Trinajstić information content (AvgIpc) is 2.64. The van der Waals surface area contributed by atoms with Gasteiger partial charge in [-0.3, -0.25) is 4.68 Å². The Hall–Kier alpha value is -0.880. The zero-order chi connectivity index (χ0) is 14.0. The van der Waals surface area contributed by atoms with Gasteiger partial charge in [0.1, 0.15) is 0 Å². The van der Waals surface area contributed by atoms with Crippen molar-refractivity contribution in [3.63, 3.8) is 0 Å². The Kier molecular flexibility index (Phi) is 4.55. The van der Waals surface area contributed by atoms with Gasteiger partial charge in [0.2, 0.25) is 0 Å². The standard InChI is InChI=1S/C12H23N3O2S/c1-10(2)15-7-6-11(14-15)8-13-9-12(3,4)18(5,16)17/h6-7,10,13H,8-9H2,1-5H3. The van der Waals surface area contributed by atoms with Crippen LogP contribution in [0.5, 0.6) is 0 Å². The van der Waals surface area contributed by atoms with E-state index in [4.69, 9.17) is 0 Å². The molecular weight excluding hydrogens is 250 g/mol. The first-order valence-electron chi connectivity index (χ1n) is 6.08. The molecule has 0 aliphatic rings. The number of hydrogen-bond donors (Lipinski definition) is 1. The van der Waals surface area contributed by atoms with Gasteiger partial charge in [0, 0.05) is 31.6 Å². The van der Waals surface area contributed by atoms with Gasteiger partial charge in [-0.25, -0.2) is 8.42 Å². The predicted molar refractivity (Wildman–Crippen MR) is 73.2 cm³/mol. The monoisotopic (exact) mass is 273 g/mol. The Morgan fingerprint density at radius 2 is 2.06 bits per heavy atom. The second kappa shape index (κ2) is 5.40. The molecule has 18 heavy (non-hydrogen) atoms. The van der Waals surface area contributed by atoms with Gasteiger partial charge in [-0.05, 0) is 33.8 Å². The summed E-state index contributed by atoms with van der Waals surface area (Å²) < 4.78 is 24.2. The van der Waals surface area contributed by atoms with Crippen LogP contribution in [0.25, 0.3) is 0 Å². The number of sulfone groups is 1. The molecule has 0 aliphatic carbocycles. The van der Waals surface area contributed by atoms with Gasteiger partial charge in [-0.1, -0.05) is 0 Å². The number of nitrogens with one attached hydrogen (secondary N) is 1. The van der Waals surface area contributed by atoms with Gasteiger partial charge in [-0.15, -0.1) is 0 Å². The normalized spacial score (nSPS) is 13.2. The highest BCUT2D eigenvalue weighted by atomic mass is 32.2. The molecule has 0 aliphatic heterocycles. The molecule has 5 nitrogen and oxygen atoms in total. The van der Waals surface area contributed by atoms with Crippen molar-refractivity contribution in [1.29, 1.82) is 0 Å². The largest absolute Gasteiger partial charge is 0.310 e. The maximum atomic E-state index is 11.5. The van der Waals surface area contributed by atoms with Crippen LogP contribution in [0.3, 0.4) is 0 Å². The third kappa shape index (κ3) is 3.81. The lowest BCUT2D eigenvalue weighted by atomic mass is 10.2. The third-order valence-corrected chi connectivity index (χ3v) is 5.21. The Balaban J connectivity index is 2.52. The lowest BCUT2D eigenvalue weighted by molar-refractivity contribution is 0.505. The maximum absolute atomic E-state index is 11.5. The van der Waals surface area contributed by atoms with Crippen molar-refractivity contribution in [3.8, 4) is 0 Å². The van der Waals surface area contributed by atoms with Crippen molar-refractivity contribution in [3.05, 3.63) is 18.0 Å². The minimum atomic E-state index is -3.05. The highest BCUT2D eigenvalue weighted by Crippen LogP contribution is 2.13. The summed E-state index contributed by atoms with van der Waals surface area (Å²) in [6.07, 6.45) is 3.20. The first-order chi connectivity index (χ1) is 8.13. The molecule has 0 amide bonds. The fourth-order valence-corrected chi connectivity index (χ4v) is 1.75. The SMILES string of the molecule is CC(C)n1ccc(CNCC(C)(C)S(C)(=O)=O)n1. The molecule has 0 atom stereocenters. The van der Waals surface area contributed by atoms with Crippen LogP contribution in [0.4, 0.5) is 0 Å². The second-order valence-corrected chi connectivity index (χ2v) is 8.17. The highest BCUT2D eigenvalue weighted by molar-refractivity contribution is 7.92. The van der Waals surface area contributed by atoms with Crippen LogP contribution in [-0.2, 0) is 16.4 Å². The summed E-state index contributed by atoms with van der Waals surface area (Å²) in [4.78, 5) is 0. The van der Waals surface area contributed by atoms with Crippen LogP contribution in [0.2, 0.25) is 0 Å². The third-order valence-electron chi connectivity index (χ3n) is 3.05. The van der Waals surface area contributed by atoms with Crippen molar-refractivity contribution < 1.29 is 8.42 Å². The molecule has 0 saturated carbocycles. The van der Waals surface area contributed by atoms with Crippen LogP contribution in [0, 0.1) is 0 Å². The minimum Gasteiger partial charge on any atom is -0.310 e. The smallest absolute Gasteiger partial charge is 0.153 e. The number of rotatable bonds is 6. The Morgan fingerprint density at radius 1 is 1.44 bits per heavy atom. The summed E-state index contributed by atoms with van der Waals surface area (Å²) in [5, 5.41) is 7.54. The van der Waals surface area contributed by atoms with Crippen LogP contribution in [0.1, 0.15) is 39.4 Å². The number of hydrogen-bond acceptors (Lipinski definition) is 4. The molecule has 0 bridgehead atoms. The van der Waals surface area contributed by atoms with Gasteiger partial charge >= 0.3 is 0 Å². The van der Waals surface area contributed by atoms with E-state index in [0.717, 1.165) is 5.69 Å². The van der Waals surface area contributed by atoms with Crippen molar-refractivity contribution in [2.75, 3.05) is 12.8 Å². The molecule has 1 N–H and O–H groups in total. The molecule has 0 radical (unpaired) electrons. The van der Waals surface area contributed by atoms with E-state index in [1.807, 2.05) is 16.9 Å². The minimum absolute atomic E-state index is 0.339. The van der Waals surface area contributed by atoms with Gasteiger partial charge in [0.05, 0.1) is 10.4 Å². The molecule has 0 saturated heterocycles. The van der Waals surface area contributed by atoms with Crippen LogP contribution in [-0.4, -0.2) is 35.7 Å². The van der Waals surface area contributed by atoms with Gasteiger partial charge in [-0.2, -0.15) is 5.10 Å². The molecule has 1 heterocycles. The van der Waals surface area contributed by atoms with Crippen LogP contribution >= 0.6 is 0 Å². The molecular formula is C12H23N3O2S. The summed E-state index contributed by atoms with van der Waals surface area (Å²) in [5.74, 6) is 0. The summed E-state index contributed by atoms with van der Waals surface area (Å²) in [7, 11) is -3.05. The van der Waals surface area contributed by atoms with Crippen molar-refractivity contribution in [1.82, 2.24) is 15.1 Å². The molecule has 6 heteroatoms. The van der Waals surface area contributed by atoms with Gasteiger partial charge < -0.3 is 5.32 Å². The first-order valence-corrected chi connectivity index (χ1v) is 7.97. The Morgan fingerprint density at radius 3 is 2.50 bits per heavy atom. The predicted octanol–water partition coefficient (Wildman–Crippen LogP) is 1.38. The van der Waals surface area contributed by atoms with Crippen molar-refractivity contribution in [2.24, 2.45) is 0 Å². The average molecular weight is 273 g/mol. The topological polar surface area (TPSA) is 64.0 Å². The number of nitrogens with zero attached hydrogens (tertiary/aromatic N) is 2.